The topological polar surface area (TPSA) is 65.0 Å². The number of alkyl halides is 3. The smallest absolute Gasteiger partial charge is 0.352 e. The van der Waals surface area contributed by atoms with Gasteiger partial charge in [0.25, 0.3) is 0 Å². The molecule has 0 spiro atoms. The van der Waals surface area contributed by atoms with Crippen LogP contribution in [-0.4, -0.2) is 55.2 Å². The first kappa shape index (κ1) is 20.4. The standard InChI is InChI=1S/C18H20F4N4O2S2/c1-2-30(27,28)25-8-11-7-13(25)16(18(20,21)22)26(11)12-5-10(19)6-14-15(12)23-17(24-29-14)9-3-4-9/h5-6,9,11,13,16H,2-4,7-8H2,1H3,(H,23,24)/t11-,13-,16-/m0/s1. The summed E-state index contributed by atoms with van der Waals surface area (Å²) in [4.78, 5) is 6.14. The Morgan fingerprint density at radius 3 is 2.67 bits per heavy atom. The Hall–Kier alpha value is -1.53. The lowest BCUT2D eigenvalue weighted by Crippen LogP contribution is -2.60. The van der Waals surface area contributed by atoms with Gasteiger partial charge in [0, 0.05) is 18.5 Å². The molecule has 5 rings (SSSR count). The van der Waals surface area contributed by atoms with Gasteiger partial charge in [0.1, 0.15) is 23.4 Å². The molecule has 1 saturated carbocycles. The first-order chi connectivity index (χ1) is 14.1. The van der Waals surface area contributed by atoms with E-state index in [9.17, 15) is 26.0 Å². The summed E-state index contributed by atoms with van der Waals surface area (Å²) in [6.07, 6.45) is -2.70. The number of sulfonamides is 1. The van der Waals surface area contributed by atoms with Crippen LogP contribution in [-0.2, 0) is 10.0 Å². The molecule has 6 nitrogen and oxygen atoms in total. The van der Waals surface area contributed by atoms with Gasteiger partial charge in [-0.05, 0) is 50.3 Å². The number of aliphatic imine (C=N–C) groups is 1. The van der Waals surface area contributed by atoms with Crippen LogP contribution in [0.1, 0.15) is 26.2 Å². The summed E-state index contributed by atoms with van der Waals surface area (Å²) in [6, 6.07) is -1.60. The van der Waals surface area contributed by atoms with E-state index in [-0.39, 0.29) is 30.3 Å². The van der Waals surface area contributed by atoms with E-state index in [0.717, 1.165) is 40.1 Å². The van der Waals surface area contributed by atoms with Gasteiger partial charge in [-0.25, -0.2) is 17.8 Å². The van der Waals surface area contributed by atoms with E-state index in [1.54, 1.807) is 0 Å². The molecule has 3 atom stereocenters. The Morgan fingerprint density at radius 2 is 2.03 bits per heavy atom. The van der Waals surface area contributed by atoms with Crippen molar-refractivity contribution in [2.75, 3.05) is 17.2 Å². The van der Waals surface area contributed by atoms with Gasteiger partial charge in [0.05, 0.1) is 22.4 Å². The minimum absolute atomic E-state index is 0.0384. The first-order valence-corrected chi connectivity index (χ1v) is 12.2. The third-order valence-electron chi connectivity index (χ3n) is 6.15. The monoisotopic (exact) mass is 464 g/mol. The van der Waals surface area contributed by atoms with Gasteiger partial charge >= 0.3 is 6.18 Å². The summed E-state index contributed by atoms with van der Waals surface area (Å²) in [5.74, 6) is 0.0450. The molecule has 2 saturated heterocycles. The van der Waals surface area contributed by atoms with E-state index in [1.165, 1.54) is 13.0 Å². The molecule has 12 heteroatoms. The molecule has 2 bridgehead atoms. The summed E-state index contributed by atoms with van der Waals surface area (Å²) in [5, 5.41) is 0. The molecule has 1 aliphatic carbocycles. The number of halogens is 4. The average Bonchev–Trinajstić information content (AvgIpc) is 3.34. The molecule has 0 amide bonds. The lowest BCUT2D eigenvalue weighted by Gasteiger charge is -2.42. The predicted molar refractivity (Wildman–Crippen MR) is 106 cm³/mol. The molecule has 0 unspecified atom stereocenters. The summed E-state index contributed by atoms with van der Waals surface area (Å²) < 4.78 is 85.6. The molecule has 0 aromatic heterocycles. The molecule has 3 heterocycles. The normalized spacial score (nSPS) is 29.0. The third-order valence-corrected chi connectivity index (χ3v) is 8.86. The lowest BCUT2D eigenvalue weighted by molar-refractivity contribution is -0.156. The largest absolute Gasteiger partial charge is 0.410 e. The van der Waals surface area contributed by atoms with Crippen LogP contribution in [0.15, 0.2) is 22.0 Å². The maximum Gasteiger partial charge on any atom is 0.410 e. The van der Waals surface area contributed by atoms with Gasteiger partial charge < -0.3 is 9.62 Å². The Labute approximate surface area is 175 Å². The molecular formula is C18H20F4N4O2S2. The van der Waals surface area contributed by atoms with Crippen molar-refractivity contribution in [1.82, 2.24) is 9.03 Å². The quantitative estimate of drug-likeness (QED) is 0.547. The van der Waals surface area contributed by atoms with Gasteiger partial charge in [-0.3, -0.25) is 0 Å². The number of hydrogen-bond acceptors (Lipinski definition) is 6. The van der Waals surface area contributed by atoms with Crippen LogP contribution in [0, 0.1) is 11.7 Å². The van der Waals surface area contributed by atoms with Crippen LogP contribution in [0.4, 0.5) is 28.9 Å². The number of nitrogens with zero attached hydrogens (tertiary/aromatic N) is 3. The molecule has 30 heavy (non-hydrogen) atoms. The van der Waals surface area contributed by atoms with Gasteiger partial charge in [-0.2, -0.15) is 17.5 Å². The molecule has 4 aliphatic rings. The summed E-state index contributed by atoms with van der Waals surface area (Å²) in [6.45, 7) is 1.38. The van der Waals surface area contributed by atoms with Gasteiger partial charge in [-0.15, -0.1) is 0 Å². The van der Waals surface area contributed by atoms with Gasteiger partial charge in [0.15, 0.2) is 0 Å². The Morgan fingerprint density at radius 1 is 1.30 bits per heavy atom. The zero-order valence-corrected chi connectivity index (χ0v) is 17.6. The van der Waals surface area contributed by atoms with E-state index in [1.807, 2.05) is 0 Å². The van der Waals surface area contributed by atoms with E-state index >= 15 is 0 Å². The predicted octanol–water partition coefficient (Wildman–Crippen LogP) is 3.42. The molecule has 0 radical (unpaired) electrons. The minimum Gasteiger partial charge on any atom is -0.352 e. The highest BCUT2D eigenvalue weighted by atomic mass is 32.2. The Bertz CT molecular complexity index is 1030. The van der Waals surface area contributed by atoms with Crippen molar-refractivity contribution in [3.63, 3.8) is 0 Å². The van der Waals surface area contributed by atoms with Crippen molar-refractivity contribution in [2.24, 2.45) is 10.9 Å². The fraction of sp³-hybridized carbons (Fsp3) is 0.611. The number of fused-ring (bicyclic) bond motifs is 3. The second-order valence-corrected chi connectivity index (χ2v) is 11.1. The summed E-state index contributed by atoms with van der Waals surface area (Å²) in [7, 11) is -3.77. The van der Waals surface area contributed by atoms with Crippen LogP contribution in [0.5, 0.6) is 0 Å². The molecule has 1 aromatic rings. The SMILES string of the molecule is CCS(=O)(=O)N1C[C@@H]2C[C@H]1[C@@H](C(F)(F)F)N2c1cc(F)cc2c1N=C(C1CC1)NS2. The summed E-state index contributed by atoms with van der Waals surface area (Å²) >= 11 is 1.15. The molecular weight excluding hydrogens is 444 g/mol. The fourth-order valence-corrected chi connectivity index (χ4v) is 6.84. The lowest BCUT2D eigenvalue weighted by atomic mass is 10.1. The number of rotatable bonds is 4. The highest BCUT2D eigenvalue weighted by Crippen LogP contribution is 2.51. The first-order valence-electron chi connectivity index (χ1n) is 9.79. The van der Waals surface area contributed by atoms with Crippen molar-refractivity contribution in [1.29, 1.82) is 0 Å². The number of hydrogen-bond donors (Lipinski definition) is 1. The highest BCUT2D eigenvalue weighted by molar-refractivity contribution is 7.98. The Balaban J connectivity index is 1.61. The molecule has 3 fully saturated rings. The van der Waals surface area contributed by atoms with Crippen molar-refractivity contribution in [2.45, 2.75) is 55.4 Å². The maximum absolute atomic E-state index is 14.4. The molecule has 164 valence electrons. The number of piperazine rings is 1. The summed E-state index contributed by atoms with van der Waals surface area (Å²) in [5.41, 5.74) is 0.411. The molecule has 1 N–H and O–H groups in total. The number of nitrogens with one attached hydrogen (secondary N) is 1. The number of amidine groups is 1. The van der Waals surface area contributed by atoms with Crippen LogP contribution in [0.25, 0.3) is 0 Å². The third kappa shape index (κ3) is 3.18. The molecule has 1 aromatic carbocycles. The number of benzene rings is 1. The van der Waals surface area contributed by atoms with Gasteiger partial charge in [-0.1, -0.05) is 0 Å². The minimum atomic E-state index is -4.68. The van der Waals surface area contributed by atoms with Gasteiger partial charge in [0.2, 0.25) is 10.0 Å². The van der Waals surface area contributed by atoms with Crippen molar-refractivity contribution in [3.05, 3.63) is 17.9 Å². The van der Waals surface area contributed by atoms with Crippen LogP contribution in [0.3, 0.4) is 0 Å². The van der Waals surface area contributed by atoms with Crippen molar-refractivity contribution in [3.8, 4) is 0 Å². The van der Waals surface area contributed by atoms with E-state index < -0.39 is 40.1 Å². The van der Waals surface area contributed by atoms with Crippen molar-refractivity contribution >= 4 is 39.2 Å². The van der Waals surface area contributed by atoms with E-state index in [0.29, 0.717) is 16.4 Å². The van der Waals surface area contributed by atoms with E-state index in [4.69, 9.17) is 0 Å². The average molecular weight is 465 g/mol. The fourth-order valence-electron chi connectivity index (χ4n) is 4.65. The van der Waals surface area contributed by atoms with Crippen LogP contribution < -0.4 is 9.62 Å². The molecule has 3 aliphatic heterocycles. The van der Waals surface area contributed by atoms with E-state index in [2.05, 4.69) is 9.71 Å². The Kier molecular flexibility index (Phi) is 4.57. The number of anilines is 1. The second kappa shape index (κ2) is 6.73. The zero-order valence-electron chi connectivity index (χ0n) is 16.0. The van der Waals surface area contributed by atoms with Crippen LogP contribution >= 0.6 is 11.9 Å². The second-order valence-electron chi connectivity index (χ2n) is 8.07. The highest BCUT2D eigenvalue weighted by Gasteiger charge is 2.63. The maximum atomic E-state index is 14.4. The van der Waals surface area contributed by atoms with Crippen LogP contribution in [0.2, 0.25) is 0 Å². The zero-order chi connectivity index (χ0) is 21.4. The van der Waals surface area contributed by atoms with Crippen molar-refractivity contribution < 1.29 is 26.0 Å².